The zero-order valence-corrected chi connectivity index (χ0v) is 17.7. The minimum Gasteiger partial charge on any atom is -0.457 e. The van der Waals surface area contributed by atoms with E-state index < -0.39 is 5.25 Å². The molecule has 1 aliphatic heterocycles. The largest absolute Gasteiger partial charge is 0.457 e. The molecule has 1 saturated heterocycles. The van der Waals surface area contributed by atoms with Crippen LogP contribution in [0.2, 0.25) is 10.0 Å². The summed E-state index contributed by atoms with van der Waals surface area (Å²) in [6.45, 7) is 2.04. The minimum atomic E-state index is -0.396. The zero-order valence-electron chi connectivity index (χ0n) is 15.4. The summed E-state index contributed by atoms with van der Waals surface area (Å²) < 4.78 is 6.11. The summed E-state index contributed by atoms with van der Waals surface area (Å²) in [6, 6.07) is 10.9. The van der Waals surface area contributed by atoms with Gasteiger partial charge in [-0.05, 0) is 54.3 Å². The molecule has 4 rings (SSSR count). The van der Waals surface area contributed by atoms with Gasteiger partial charge in [-0.1, -0.05) is 48.0 Å². The van der Waals surface area contributed by atoms with Crippen molar-refractivity contribution in [3.8, 4) is 11.5 Å². The van der Waals surface area contributed by atoms with Gasteiger partial charge in [0.1, 0.15) is 11.5 Å². The number of nitrogens with zero attached hydrogens (tertiary/aromatic N) is 1. The Morgan fingerprint density at radius 2 is 1.97 bits per heavy atom. The Bertz CT molecular complexity index is 1140. The van der Waals surface area contributed by atoms with Crippen LogP contribution in [0.4, 0.5) is 4.79 Å². The van der Waals surface area contributed by atoms with Crippen LogP contribution < -0.4 is 10.1 Å². The molecule has 8 heteroatoms. The van der Waals surface area contributed by atoms with Crippen molar-refractivity contribution in [3.63, 3.8) is 0 Å². The van der Waals surface area contributed by atoms with Gasteiger partial charge in [-0.15, -0.1) is 0 Å². The van der Waals surface area contributed by atoms with E-state index in [1.165, 1.54) is 0 Å². The van der Waals surface area contributed by atoms with Gasteiger partial charge in [0, 0.05) is 11.2 Å². The van der Waals surface area contributed by atoms with Crippen molar-refractivity contribution >= 4 is 57.0 Å². The molecule has 1 N–H and O–H groups in total. The Morgan fingerprint density at radius 1 is 1.14 bits per heavy atom. The quantitative estimate of drug-likeness (QED) is 0.536. The zero-order chi connectivity index (χ0) is 20.5. The number of aromatic nitrogens is 1. The second-order valence-corrected chi connectivity index (χ2v) is 8.58. The van der Waals surface area contributed by atoms with E-state index in [4.69, 9.17) is 27.9 Å². The second-order valence-electron chi connectivity index (χ2n) is 6.56. The number of ether oxygens (including phenoxy) is 1. The number of carbonyl (C=O) groups is 2. The monoisotopic (exact) mass is 446 g/mol. The third-order valence-corrected chi connectivity index (χ3v) is 6.18. The molecule has 0 spiro atoms. The summed E-state index contributed by atoms with van der Waals surface area (Å²) >= 11 is 13.5. The lowest BCUT2D eigenvalue weighted by atomic mass is 10.00. The lowest BCUT2D eigenvalue weighted by Crippen LogP contribution is -2.25. The predicted molar refractivity (Wildman–Crippen MR) is 116 cm³/mol. The van der Waals surface area contributed by atoms with E-state index in [1.807, 2.05) is 25.1 Å². The fourth-order valence-corrected chi connectivity index (χ4v) is 4.73. The highest BCUT2D eigenvalue weighted by Crippen LogP contribution is 2.36. The van der Waals surface area contributed by atoms with Gasteiger partial charge in [-0.2, -0.15) is 0 Å². The molecule has 148 valence electrons. The first-order chi connectivity index (χ1) is 13.9. The third-order valence-electron chi connectivity index (χ3n) is 4.68. The molecular formula is C21H16Cl2N2O3S. The van der Waals surface area contributed by atoms with Crippen LogP contribution in [0, 0.1) is 0 Å². The Kier molecular flexibility index (Phi) is 5.67. The summed E-state index contributed by atoms with van der Waals surface area (Å²) in [6.07, 6.45) is 2.91. The minimum absolute atomic E-state index is 0.237. The SMILES string of the molecule is CCc1cc(Oc2ccnc3cc(Cl)cc(Cl)c23)ccc1CC1SC(=O)NC1=O. The molecule has 2 amide bonds. The average Bonchev–Trinajstić information content (AvgIpc) is 2.99. The third kappa shape index (κ3) is 4.20. The lowest BCUT2D eigenvalue weighted by Gasteiger charge is -2.14. The van der Waals surface area contributed by atoms with Crippen LogP contribution in [0.15, 0.2) is 42.6 Å². The maximum atomic E-state index is 11.9. The normalized spacial score (nSPS) is 16.3. The number of aryl methyl sites for hydroxylation is 1. The number of thioether (sulfide) groups is 1. The molecule has 5 nitrogen and oxygen atoms in total. The van der Waals surface area contributed by atoms with Crippen molar-refractivity contribution in [3.05, 3.63) is 63.8 Å². The summed E-state index contributed by atoms with van der Waals surface area (Å²) in [7, 11) is 0. The van der Waals surface area contributed by atoms with Crippen LogP contribution in [0.25, 0.3) is 10.9 Å². The highest BCUT2D eigenvalue weighted by atomic mass is 35.5. The van der Waals surface area contributed by atoms with E-state index in [-0.39, 0.29) is 11.1 Å². The van der Waals surface area contributed by atoms with Crippen LogP contribution in [-0.4, -0.2) is 21.4 Å². The molecule has 1 aromatic heterocycles. The first kappa shape index (κ1) is 20.0. The molecule has 0 radical (unpaired) electrons. The van der Waals surface area contributed by atoms with Crippen molar-refractivity contribution in [1.82, 2.24) is 10.3 Å². The number of halogens is 2. The van der Waals surface area contributed by atoms with Gasteiger partial charge in [-0.3, -0.25) is 19.9 Å². The molecule has 29 heavy (non-hydrogen) atoms. The summed E-state index contributed by atoms with van der Waals surface area (Å²) in [5.41, 5.74) is 2.73. The van der Waals surface area contributed by atoms with Gasteiger partial charge in [0.25, 0.3) is 5.24 Å². The molecule has 1 aliphatic rings. The molecule has 0 aliphatic carbocycles. The highest BCUT2D eigenvalue weighted by molar-refractivity contribution is 8.15. The van der Waals surface area contributed by atoms with Gasteiger partial charge in [0.15, 0.2) is 0 Å². The van der Waals surface area contributed by atoms with Crippen LogP contribution in [0.1, 0.15) is 18.1 Å². The van der Waals surface area contributed by atoms with Crippen molar-refractivity contribution in [2.45, 2.75) is 25.0 Å². The van der Waals surface area contributed by atoms with E-state index in [9.17, 15) is 9.59 Å². The Hall–Kier alpha value is -2.28. The van der Waals surface area contributed by atoms with Crippen molar-refractivity contribution < 1.29 is 14.3 Å². The first-order valence-corrected chi connectivity index (χ1v) is 10.6. The Morgan fingerprint density at radius 3 is 2.69 bits per heavy atom. The first-order valence-electron chi connectivity index (χ1n) is 8.99. The molecule has 3 aromatic rings. The number of imide groups is 1. The van der Waals surface area contributed by atoms with Crippen LogP contribution in [0.5, 0.6) is 11.5 Å². The number of rotatable bonds is 5. The van der Waals surface area contributed by atoms with Gasteiger partial charge < -0.3 is 4.74 Å². The lowest BCUT2D eigenvalue weighted by molar-refractivity contribution is -0.118. The van der Waals surface area contributed by atoms with E-state index in [1.54, 1.807) is 24.4 Å². The molecule has 2 aromatic carbocycles. The molecule has 1 atom stereocenters. The topological polar surface area (TPSA) is 68.3 Å². The van der Waals surface area contributed by atoms with Crippen molar-refractivity contribution in [2.24, 2.45) is 0 Å². The smallest absolute Gasteiger partial charge is 0.286 e. The fraction of sp³-hybridized carbons (Fsp3) is 0.190. The number of carbonyl (C=O) groups excluding carboxylic acids is 2. The number of hydrogen-bond donors (Lipinski definition) is 1. The molecular weight excluding hydrogens is 431 g/mol. The molecule has 1 fully saturated rings. The van der Waals surface area contributed by atoms with Crippen LogP contribution in [-0.2, 0) is 17.6 Å². The number of benzene rings is 2. The number of amides is 2. The Labute approximate surface area is 181 Å². The predicted octanol–water partition coefficient (Wildman–Crippen LogP) is 5.79. The van der Waals surface area contributed by atoms with Crippen molar-refractivity contribution in [2.75, 3.05) is 0 Å². The number of fused-ring (bicyclic) bond motifs is 1. The number of pyridine rings is 1. The van der Waals surface area contributed by atoms with Gasteiger partial charge in [0.2, 0.25) is 5.91 Å². The van der Waals surface area contributed by atoms with E-state index in [0.717, 1.165) is 29.3 Å². The maximum absolute atomic E-state index is 11.9. The molecule has 0 bridgehead atoms. The number of nitrogens with one attached hydrogen (secondary N) is 1. The molecule has 0 saturated carbocycles. The number of hydrogen-bond acceptors (Lipinski definition) is 5. The van der Waals surface area contributed by atoms with E-state index in [2.05, 4.69) is 10.3 Å². The summed E-state index contributed by atoms with van der Waals surface area (Å²) in [5, 5.41) is 3.31. The summed E-state index contributed by atoms with van der Waals surface area (Å²) in [4.78, 5) is 27.6. The fourth-order valence-electron chi connectivity index (χ4n) is 3.31. The molecule has 1 unspecified atom stereocenters. The van der Waals surface area contributed by atoms with Gasteiger partial charge in [-0.25, -0.2) is 0 Å². The standard InChI is InChI=1S/C21H16Cl2N2O3S/c1-2-11-7-14(4-3-12(11)8-18-20(26)25-21(27)29-18)28-17-5-6-24-16-10-13(22)9-15(23)19(16)17/h3-7,9-10,18H,2,8H2,1H3,(H,25,26,27). The van der Waals surface area contributed by atoms with Crippen LogP contribution >= 0.6 is 35.0 Å². The summed E-state index contributed by atoms with van der Waals surface area (Å²) in [5.74, 6) is 1.01. The van der Waals surface area contributed by atoms with Crippen LogP contribution in [0.3, 0.4) is 0 Å². The van der Waals surface area contributed by atoms with E-state index in [0.29, 0.717) is 38.9 Å². The highest BCUT2D eigenvalue weighted by Gasteiger charge is 2.31. The maximum Gasteiger partial charge on any atom is 0.286 e. The molecule has 2 heterocycles. The van der Waals surface area contributed by atoms with Gasteiger partial charge >= 0.3 is 0 Å². The Balaban J connectivity index is 1.63. The van der Waals surface area contributed by atoms with Crippen molar-refractivity contribution in [1.29, 1.82) is 0 Å². The average molecular weight is 447 g/mol. The van der Waals surface area contributed by atoms with E-state index >= 15 is 0 Å². The second kappa shape index (κ2) is 8.22. The van der Waals surface area contributed by atoms with Gasteiger partial charge in [0.05, 0.1) is 21.2 Å².